The average molecular weight is 1060 g/mol. The van der Waals surface area contributed by atoms with Crippen LogP contribution in [0, 0.1) is 6.92 Å². The molecule has 4 heterocycles. The number of aryl methyl sites for hydroxylation is 1. The molecule has 0 unspecified atom stereocenters. The van der Waals surface area contributed by atoms with Gasteiger partial charge in [-0.1, -0.05) is 143 Å². The second-order valence-corrected chi connectivity index (χ2v) is 23.9. The Morgan fingerprint density at radius 1 is 0.402 bits per heavy atom. The minimum Gasteiger partial charge on any atom is -0.458 e. The minimum absolute atomic E-state index is 0.0248. The van der Waals surface area contributed by atoms with Gasteiger partial charge in [0, 0.05) is 73.1 Å². The van der Waals surface area contributed by atoms with Crippen molar-refractivity contribution in [1.29, 1.82) is 0 Å². The van der Waals surface area contributed by atoms with Crippen molar-refractivity contribution in [1.82, 2.24) is 0 Å². The Labute approximate surface area is 478 Å². The molecular weight excluding hydrogens is 1000 g/mol. The number of furan rings is 2. The number of nitrogens with zero attached hydrogens (tertiary/aromatic N) is 3. The second-order valence-electron chi connectivity index (χ2n) is 23.9. The normalized spacial score (nSPS) is 14.5. The fraction of sp³-hybridized carbons (Fsp3) is 0.120. The highest BCUT2D eigenvalue weighted by Crippen LogP contribution is 2.54. The van der Waals surface area contributed by atoms with E-state index in [1.807, 2.05) is 6.07 Å². The Morgan fingerprint density at radius 2 is 0.976 bits per heavy atom. The number of hydrogen-bond donors (Lipinski definition) is 0. The molecule has 13 aromatic rings. The predicted octanol–water partition coefficient (Wildman–Crippen LogP) is 19.2. The molecule has 11 aromatic carbocycles. The van der Waals surface area contributed by atoms with E-state index in [1.165, 1.54) is 22.3 Å². The Hall–Kier alpha value is -9.72. The molecule has 0 bridgehead atoms. The van der Waals surface area contributed by atoms with Crippen LogP contribution in [0.1, 0.15) is 57.2 Å². The van der Waals surface area contributed by atoms with E-state index in [9.17, 15) is 0 Å². The standard InChI is InChI=1S/C75H58BN3O3/c1-47-29-33-56-67(41-47)81-65-37-38-66-71(70(56)65)57-42-48(30-36-64(57)80-66)49-43-63-73-69(44-49)82-68-46-55(78(52-23-14-8-15-24-52)53-25-16-9-17-26-53)32-35-60(68)76(73)59-34-31-54(77(50-19-10-6-11-20-50)51-21-12-7-13-22-51)45-62(59)79(63)61-28-18-27-58-72(61)75(4,5)40-39-74(58,2)3/h6-38,41-46H,39-40H2,1-5H3. The minimum atomic E-state index is -0.170. The lowest BCUT2D eigenvalue weighted by molar-refractivity contribution is 0.332. The first-order chi connectivity index (χ1) is 40.0. The molecule has 1 aliphatic carbocycles. The highest BCUT2D eigenvalue weighted by Gasteiger charge is 2.46. The van der Waals surface area contributed by atoms with Crippen molar-refractivity contribution in [2.24, 2.45) is 0 Å². The maximum atomic E-state index is 7.57. The summed E-state index contributed by atoms with van der Waals surface area (Å²) in [4.78, 5) is 7.32. The van der Waals surface area contributed by atoms with Gasteiger partial charge in [-0.05, 0) is 190 Å². The number of hydrogen-bond acceptors (Lipinski definition) is 6. The molecular formula is C75H58BN3O3. The smallest absolute Gasteiger partial charge is 0.256 e. The Morgan fingerprint density at radius 3 is 1.62 bits per heavy atom. The van der Waals surface area contributed by atoms with Gasteiger partial charge in [-0.3, -0.25) is 0 Å². The molecule has 0 saturated heterocycles. The number of fused-ring (bicyclic) bond motifs is 12. The lowest BCUT2D eigenvalue weighted by Crippen LogP contribution is -2.59. The molecule has 2 aromatic heterocycles. The number of para-hydroxylation sites is 4. The van der Waals surface area contributed by atoms with Gasteiger partial charge in [0.1, 0.15) is 33.8 Å². The van der Waals surface area contributed by atoms with Gasteiger partial charge < -0.3 is 28.3 Å². The third kappa shape index (κ3) is 7.49. The zero-order valence-electron chi connectivity index (χ0n) is 46.6. The molecule has 2 aliphatic heterocycles. The summed E-state index contributed by atoms with van der Waals surface area (Å²) in [5.74, 6) is 1.66. The highest BCUT2D eigenvalue weighted by atomic mass is 16.5. The van der Waals surface area contributed by atoms with Crippen LogP contribution in [-0.4, -0.2) is 6.71 Å². The van der Waals surface area contributed by atoms with Gasteiger partial charge in [-0.25, -0.2) is 0 Å². The first-order valence-corrected chi connectivity index (χ1v) is 28.7. The Bertz CT molecular complexity index is 4620. The summed E-state index contributed by atoms with van der Waals surface area (Å²) in [6.45, 7) is 11.7. The molecule has 7 heteroatoms. The van der Waals surface area contributed by atoms with E-state index in [1.54, 1.807) is 0 Å². The van der Waals surface area contributed by atoms with E-state index in [0.717, 1.165) is 141 Å². The molecule has 394 valence electrons. The van der Waals surface area contributed by atoms with Crippen LogP contribution in [0.4, 0.5) is 51.2 Å². The summed E-state index contributed by atoms with van der Waals surface area (Å²) in [6.07, 6.45) is 2.18. The van der Waals surface area contributed by atoms with Gasteiger partial charge in [0.25, 0.3) is 6.71 Å². The molecule has 0 amide bonds. The van der Waals surface area contributed by atoms with E-state index in [0.29, 0.717) is 0 Å². The van der Waals surface area contributed by atoms with Crippen LogP contribution in [0.25, 0.3) is 55.0 Å². The third-order valence-electron chi connectivity index (χ3n) is 17.9. The molecule has 3 aliphatic rings. The van der Waals surface area contributed by atoms with E-state index < -0.39 is 0 Å². The summed E-state index contributed by atoms with van der Waals surface area (Å²) in [5.41, 5.74) is 22.6. The maximum absolute atomic E-state index is 7.57. The van der Waals surface area contributed by atoms with Gasteiger partial charge in [-0.15, -0.1) is 0 Å². The van der Waals surface area contributed by atoms with Crippen LogP contribution in [-0.2, 0) is 10.8 Å². The van der Waals surface area contributed by atoms with Crippen molar-refractivity contribution < 1.29 is 13.6 Å². The maximum Gasteiger partial charge on any atom is 0.256 e. The quantitative estimate of drug-likeness (QED) is 0.141. The SMILES string of the molecule is Cc1ccc2c(c1)oc1ccc3oc4ccc(-c5cc6c7c(c5)N(c5cccc8c5C(C)(C)CCC8(C)C)c5cc(N(c8ccccc8)c8ccccc8)ccc5B7c5ccc(N(c7ccccc7)c7ccccc7)cc5O6)cc4c3c12. The summed E-state index contributed by atoms with van der Waals surface area (Å²) in [6, 6.07) is 85.8. The fourth-order valence-electron chi connectivity index (χ4n) is 13.9. The molecule has 0 radical (unpaired) electrons. The number of rotatable bonds is 8. The zero-order valence-corrected chi connectivity index (χ0v) is 46.6. The predicted molar refractivity (Wildman–Crippen MR) is 342 cm³/mol. The van der Waals surface area contributed by atoms with Crippen LogP contribution in [0.15, 0.2) is 245 Å². The van der Waals surface area contributed by atoms with Crippen molar-refractivity contribution in [2.75, 3.05) is 14.7 Å². The molecule has 6 nitrogen and oxygen atoms in total. The third-order valence-corrected chi connectivity index (χ3v) is 17.9. The number of ether oxygens (including phenoxy) is 1. The number of anilines is 9. The number of benzene rings is 11. The second kappa shape index (κ2) is 18.2. The molecule has 16 rings (SSSR count). The van der Waals surface area contributed by atoms with Crippen molar-refractivity contribution in [3.05, 3.63) is 253 Å². The summed E-state index contributed by atoms with van der Waals surface area (Å²) < 4.78 is 20.8. The Kier molecular flexibility index (Phi) is 10.7. The van der Waals surface area contributed by atoms with Crippen LogP contribution >= 0.6 is 0 Å². The topological polar surface area (TPSA) is 45.2 Å². The molecule has 0 fully saturated rings. The molecule has 0 atom stereocenters. The van der Waals surface area contributed by atoms with Crippen LogP contribution in [0.2, 0.25) is 0 Å². The van der Waals surface area contributed by atoms with E-state index in [4.69, 9.17) is 13.6 Å². The van der Waals surface area contributed by atoms with Crippen molar-refractivity contribution >= 4 is 118 Å². The zero-order chi connectivity index (χ0) is 55.0. The Balaban J connectivity index is 0.981. The van der Waals surface area contributed by atoms with Gasteiger partial charge in [0.05, 0.1) is 5.69 Å². The fourth-order valence-corrected chi connectivity index (χ4v) is 13.9. The first kappa shape index (κ1) is 48.2. The largest absolute Gasteiger partial charge is 0.458 e. The van der Waals surface area contributed by atoms with Crippen molar-refractivity contribution in [3.63, 3.8) is 0 Å². The van der Waals surface area contributed by atoms with Gasteiger partial charge >= 0.3 is 0 Å². The average Bonchev–Trinajstić information content (AvgIpc) is 3.20. The van der Waals surface area contributed by atoms with Crippen molar-refractivity contribution in [2.45, 2.75) is 58.3 Å². The summed E-state index contributed by atoms with van der Waals surface area (Å²) in [7, 11) is 0. The van der Waals surface area contributed by atoms with E-state index >= 15 is 0 Å². The molecule has 82 heavy (non-hydrogen) atoms. The lowest BCUT2D eigenvalue weighted by Gasteiger charge is -2.47. The van der Waals surface area contributed by atoms with Gasteiger partial charge in [0.2, 0.25) is 0 Å². The van der Waals surface area contributed by atoms with E-state index in [2.05, 4.69) is 280 Å². The van der Waals surface area contributed by atoms with Crippen LogP contribution in [0.3, 0.4) is 0 Å². The van der Waals surface area contributed by atoms with Gasteiger partial charge in [0.15, 0.2) is 0 Å². The molecule has 0 spiro atoms. The van der Waals surface area contributed by atoms with Crippen LogP contribution < -0.4 is 35.8 Å². The monoisotopic (exact) mass is 1060 g/mol. The first-order valence-electron chi connectivity index (χ1n) is 28.7. The highest BCUT2D eigenvalue weighted by molar-refractivity contribution is 6.99. The lowest BCUT2D eigenvalue weighted by atomic mass is 9.34. The van der Waals surface area contributed by atoms with E-state index in [-0.39, 0.29) is 17.5 Å². The van der Waals surface area contributed by atoms with Crippen molar-refractivity contribution in [3.8, 4) is 22.6 Å². The molecule has 0 N–H and O–H groups in total. The summed E-state index contributed by atoms with van der Waals surface area (Å²) >= 11 is 0. The van der Waals surface area contributed by atoms with Gasteiger partial charge in [-0.2, -0.15) is 0 Å². The molecule has 0 saturated carbocycles. The summed E-state index contributed by atoms with van der Waals surface area (Å²) in [5, 5.41) is 4.25. The van der Waals surface area contributed by atoms with Crippen LogP contribution in [0.5, 0.6) is 11.5 Å².